The van der Waals surface area contributed by atoms with Crippen molar-refractivity contribution in [2.45, 2.75) is 45.4 Å². The Morgan fingerprint density at radius 2 is 1.69 bits per heavy atom. The highest BCUT2D eigenvalue weighted by Gasteiger charge is 2.47. The third-order valence-corrected chi connectivity index (χ3v) is 6.86. The Bertz CT molecular complexity index is 1380. The van der Waals surface area contributed by atoms with E-state index in [2.05, 4.69) is 12.2 Å². The van der Waals surface area contributed by atoms with Crippen molar-refractivity contribution in [2.75, 3.05) is 6.61 Å². The van der Waals surface area contributed by atoms with Crippen LogP contribution in [0.5, 0.6) is 5.75 Å². The molecule has 2 amide bonds. The highest BCUT2D eigenvalue weighted by Crippen LogP contribution is 2.33. The molecule has 5 rings (SSSR count). The largest absolute Gasteiger partial charge is 0.494 e. The van der Waals surface area contributed by atoms with Crippen LogP contribution in [0.1, 0.15) is 41.9 Å². The first-order chi connectivity index (χ1) is 17.5. The fraction of sp³-hybridized carbons (Fsp3) is 0.267. The fourth-order valence-electron chi connectivity index (χ4n) is 4.82. The van der Waals surface area contributed by atoms with Crippen LogP contribution < -0.4 is 10.1 Å². The molecule has 0 bridgehead atoms. The molecule has 184 valence electrons. The molecule has 0 saturated heterocycles. The first-order valence-corrected chi connectivity index (χ1v) is 12.4. The number of carbonyl (C=O) groups is 2. The van der Waals surface area contributed by atoms with E-state index in [0.29, 0.717) is 31.9 Å². The van der Waals surface area contributed by atoms with E-state index in [0.717, 1.165) is 34.2 Å². The second-order valence-corrected chi connectivity index (χ2v) is 9.50. The quantitative estimate of drug-likeness (QED) is 0.378. The van der Waals surface area contributed by atoms with Gasteiger partial charge >= 0.3 is 0 Å². The van der Waals surface area contributed by atoms with Crippen LogP contribution >= 0.6 is 0 Å². The van der Waals surface area contributed by atoms with Crippen molar-refractivity contribution < 1.29 is 14.3 Å². The van der Waals surface area contributed by atoms with Gasteiger partial charge in [-0.05, 0) is 48.7 Å². The molecule has 6 heteroatoms. The van der Waals surface area contributed by atoms with E-state index in [1.807, 2.05) is 96.4 Å². The normalized spacial score (nSPS) is 17.2. The van der Waals surface area contributed by atoms with E-state index in [1.54, 1.807) is 4.90 Å². The molecular formula is C30H31N3O3. The molecule has 36 heavy (non-hydrogen) atoms. The van der Waals surface area contributed by atoms with Crippen LogP contribution in [0.2, 0.25) is 0 Å². The maximum atomic E-state index is 13.9. The Morgan fingerprint density at radius 1 is 0.972 bits per heavy atom. The molecule has 0 saturated carbocycles. The summed E-state index contributed by atoms with van der Waals surface area (Å²) in [5.41, 5.74) is 2.45. The molecule has 0 fully saturated rings. The number of benzene rings is 3. The van der Waals surface area contributed by atoms with Gasteiger partial charge < -0.3 is 19.5 Å². The molecule has 4 aromatic rings. The van der Waals surface area contributed by atoms with Crippen molar-refractivity contribution >= 4 is 22.7 Å². The van der Waals surface area contributed by atoms with Crippen molar-refractivity contribution in [2.24, 2.45) is 0 Å². The number of carbonyl (C=O) groups excluding carboxylic acids is 2. The van der Waals surface area contributed by atoms with Gasteiger partial charge in [0, 0.05) is 24.0 Å². The zero-order chi connectivity index (χ0) is 25.1. The second kappa shape index (κ2) is 9.90. The minimum Gasteiger partial charge on any atom is -0.494 e. The van der Waals surface area contributed by atoms with Crippen molar-refractivity contribution in [1.82, 2.24) is 14.8 Å². The number of para-hydroxylation sites is 1. The zero-order valence-electron chi connectivity index (χ0n) is 20.7. The van der Waals surface area contributed by atoms with Crippen molar-refractivity contribution in [1.29, 1.82) is 0 Å². The summed E-state index contributed by atoms with van der Waals surface area (Å²) in [7, 11) is 0. The molecule has 2 heterocycles. The number of amides is 2. The lowest BCUT2D eigenvalue weighted by atomic mass is 9.93. The van der Waals surface area contributed by atoms with Gasteiger partial charge in [0.2, 0.25) is 5.91 Å². The standard InChI is InChI=1S/C30H31N3O3/c1-3-17-36-25-15-13-23(14-16-25)20-33-28(34)27-18-24-11-7-8-12-26(24)32(27)21-30(33,2)29(35)31-19-22-9-5-4-6-10-22/h4-16,18H,3,17,19-21H2,1-2H3,(H,31,35)/t30-/m1/s1. The number of nitrogens with zero attached hydrogens (tertiary/aromatic N) is 2. The number of rotatable bonds is 8. The van der Waals surface area contributed by atoms with Crippen LogP contribution in [0, 0.1) is 0 Å². The van der Waals surface area contributed by atoms with Gasteiger partial charge in [-0.3, -0.25) is 9.59 Å². The summed E-state index contributed by atoms with van der Waals surface area (Å²) in [5.74, 6) is 0.473. The summed E-state index contributed by atoms with van der Waals surface area (Å²) in [6.45, 7) is 5.69. The maximum absolute atomic E-state index is 13.9. The first kappa shape index (κ1) is 23.7. The van der Waals surface area contributed by atoms with Crippen LogP contribution in [0.15, 0.2) is 84.9 Å². The minimum atomic E-state index is -1.07. The fourth-order valence-corrected chi connectivity index (χ4v) is 4.82. The predicted molar refractivity (Wildman–Crippen MR) is 141 cm³/mol. The van der Waals surface area contributed by atoms with Crippen LogP contribution in [0.25, 0.3) is 10.9 Å². The van der Waals surface area contributed by atoms with Crippen molar-refractivity contribution in [3.63, 3.8) is 0 Å². The Balaban J connectivity index is 1.47. The summed E-state index contributed by atoms with van der Waals surface area (Å²) in [5, 5.41) is 4.08. The topological polar surface area (TPSA) is 63.6 Å². The molecular weight excluding hydrogens is 450 g/mol. The molecule has 3 aromatic carbocycles. The molecule has 1 aliphatic heterocycles. The van der Waals surface area contributed by atoms with E-state index in [1.165, 1.54) is 0 Å². The van der Waals surface area contributed by atoms with E-state index in [4.69, 9.17) is 4.74 Å². The highest BCUT2D eigenvalue weighted by atomic mass is 16.5. The van der Waals surface area contributed by atoms with Crippen molar-refractivity contribution in [3.8, 4) is 5.75 Å². The second-order valence-electron chi connectivity index (χ2n) is 9.50. The number of fused-ring (bicyclic) bond motifs is 3. The molecule has 0 unspecified atom stereocenters. The van der Waals surface area contributed by atoms with Crippen molar-refractivity contribution in [3.05, 3.63) is 102 Å². The molecule has 0 spiro atoms. The molecule has 0 radical (unpaired) electrons. The smallest absolute Gasteiger partial charge is 0.271 e. The van der Waals surface area contributed by atoms with Gasteiger partial charge in [-0.1, -0.05) is 67.6 Å². The average molecular weight is 482 g/mol. The lowest BCUT2D eigenvalue weighted by Crippen LogP contribution is -2.63. The van der Waals surface area contributed by atoms with Crippen LogP contribution in [0.4, 0.5) is 0 Å². The van der Waals surface area contributed by atoms with E-state index < -0.39 is 5.54 Å². The summed E-state index contributed by atoms with van der Waals surface area (Å²) < 4.78 is 7.69. The zero-order valence-corrected chi connectivity index (χ0v) is 20.7. The van der Waals surface area contributed by atoms with Gasteiger partial charge in [-0.15, -0.1) is 0 Å². The average Bonchev–Trinajstić information content (AvgIpc) is 3.28. The van der Waals surface area contributed by atoms with Crippen LogP contribution in [-0.2, 0) is 24.4 Å². The predicted octanol–water partition coefficient (Wildman–Crippen LogP) is 5.16. The summed E-state index contributed by atoms with van der Waals surface area (Å²) in [6.07, 6.45) is 0.939. The van der Waals surface area contributed by atoms with Gasteiger partial charge in [0.15, 0.2) is 0 Å². The lowest BCUT2D eigenvalue weighted by Gasteiger charge is -2.44. The molecule has 1 N–H and O–H groups in total. The number of aromatic nitrogens is 1. The Hall–Kier alpha value is -4.06. The maximum Gasteiger partial charge on any atom is 0.271 e. The number of hydrogen-bond donors (Lipinski definition) is 1. The lowest BCUT2D eigenvalue weighted by molar-refractivity contribution is -0.133. The van der Waals surface area contributed by atoms with Crippen LogP contribution in [0.3, 0.4) is 0 Å². The summed E-state index contributed by atoms with van der Waals surface area (Å²) >= 11 is 0. The van der Waals surface area contributed by atoms with Crippen LogP contribution in [-0.4, -0.2) is 33.4 Å². The van der Waals surface area contributed by atoms with Gasteiger partial charge in [0.25, 0.3) is 5.91 Å². The molecule has 0 aliphatic carbocycles. The Kier molecular flexibility index (Phi) is 6.51. The van der Waals surface area contributed by atoms with Gasteiger partial charge in [-0.2, -0.15) is 0 Å². The van der Waals surface area contributed by atoms with Gasteiger partial charge in [0.05, 0.1) is 13.2 Å². The van der Waals surface area contributed by atoms with Gasteiger partial charge in [0.1, 0.15) is 17.0 Å². The van der Waals surface area contributed by atoms with E-state index >= 15 is 0 Å². The summed E-state index contributed by atoms with van der Waals surface area (Å²) in [6, 6.07) is 27.4. The summed E-state index contributed by atoms with van der Waals surface area (Å²) in [4.78, 5) is 29.3. The first-order valence-electron chi connectivity index (χ1n) is 12.4. The monoisotopic (exact) mass is 481 g/mol. The molecule has 6 nitrogen and oxygen atoms in total. The molecule has 1 atom stereocenters. The SMILES string of the molecule is CCCOc1ccc(CN2C(=O)c3cc4ccccc4n3C[C@]2(C)C(=O)NCc2ccccc2)cc1. The number of ether oxygens (including phenoxy) is 1. The molecule has 1 aromatic heterocycles. The number of hydrogen-bond acceptors (Lipinski definition) is 3. The highest BCUT2D eigenvalue weighted by molar-refractivity contribution is 6.03. The Morgan fingerprint density at radius 3 is 2.44 bits per heavy atom. The molecule has 1 aliphatic rings. The Labute approximate surface area is 211 Å². The minimum absolute atomic E-state index is 0.152. The number of nitrogens with one attached hydrogen (secondary N) is 1. The van der Waals surface area contributed by atoms with Gasteiger partial charge in [-0.25, -0.2) is 0 Å². The van der Waals surface area contributed by atoms with E-state index in [-0.39, 0.29) is 11.8 Å². The van der Waals surface area contributed by atoms with E-state index in [9.17, 15) is 9.59 Å². The third kappa shape index (κ3) is 4.47. The third-order valence-electron chi connectivity index (χ3n) is 6.86.